The van der Waals surface area contributed by atoms with Crippen molar-refractivity contribution < 1.29 is 18.4 Å². The van der Waals surface area contributed by atoms with Crippen molar-refractivity contribution in [3.8, 4) is 0 Å². The smallest absolute Gasteiger partial charge is 0.319 e. The molecule has 2 heterocycles. The van der Waals surface area contributed by atoms with Crippen LogP contribution in [0.15, 0.2) is 48.5 Å². The number of likely N-dealkylation sites (tertiary alicyclic amines) is 1. The van der Waals surface area contributed by atoms with Crippen LogP contribution in [0.2, 0.25) is 0 Å². The lowest BCUT2D eigenvalue weighted by molar-refractivity contribution is 0.196. The monoisotopic (exact) mass is 482 g/mol. The lowest BCUT2D eigenvalue weighted by atomic mass is 10.1. The van der Waals surface area contributed by atoms with E-state index in [0.717, 1.165) is 60.3 Å². The number of nitrogens with zero attached hydrogens (tertiary/aromatic N) is 2. The van der Waals surface area contributed by atoms with E-state index in [4.69, 9.17) is 0 Å². The van der Waals surface area contributed by atoms with Gasteiger partial charge in [-0.15, -0.1) is 0 Å². The number of fused-ring (bicyclic) bond motifs is 1. The molecule has 2 aromatic carbocycles. The summed E-state index contributed by atoms with van der Waals surface area (Å²) in [6, 6.07) is 11.7. The molecular formula is C25H28F2N6O2. The third-order valence-corrected chi connectivity index (χ3v) is 5.91. The first kappa shape index (κ1) is 24.3. The number of para-hydroxylation sites is 1. The molecule has 3 aromatic rings. The lowest BCUT2D eigenvalue weighted by Crippen LogP contribution is -2.47. The molecule has 1 aliphatic heterocycles. The number of carbonyl (C=O) groups is 2. The van der Waals surface area contributed by atoms with Crippen molar-refractivity contribution >= 4 is 34.3 Å². The summed E-state index contributed by atoms with van der Waals surface area (Å²) in [5.74, 6) is -1.52. The number of rotatable bonds is 6. The number of pyridine rings is 1. The van der Waals surface area contributed by atoms with Gasteiger partial charge < -0.3 is 26.2 Å². The van der Waals surface area contributed by atoms with E-state index in [1.165, 1.54) is 6.07 Å². The summed E-state index contributed by atoms with van der Waals surface area (Å²) in [5.41, 5.74) is 2.31. The van der Waals surface area contributed by atoms with E-state index in [2.05, 4.69) is 31.2 Å². The van der Waals surface area contributed by atoms with Crippen molar-refractivity contribution in [3.63, 3.8) is 0 Å². The number of carbonyl (C=O) groups excluding carboxylic acids is 2. The number of nitrogens with one attached hydrogen (secondary N) is 4. The molecule has 0 unspecified atom stereocenters. The summed E-state index contributed by atoms with van der Waals surface area (Å²) < 4.78 is 26.7. The van der Waals surface area contributed by atoms with Crippen LogP contribution in [0.25, 0.3) is 10.9 Å². The fourth-order valence-corrected chi connectivity index (χ4v) is 4.14. The van der Waals surface area contributed by atoms with Crippen molar-refractivity contribution in [2.45, 2.75) is 25.8 Å². The maximum absolute atomic E-state index is 13.7. The standard InChI is InChI=1S/C25H28F2N6O2/c1-16-14-23(19-4-2-3-5-21(19)29-16)32-24(34)28-10-13-33-11-8-18(9-12-33)30-25(35)31-22-7-6-17(26)15-20(22)27/h2-7,14-15,18H,8-13H2,1H3,(H2,30,31,35)(H2,28,29,32,34). The largest absolute Gasteiger partial charge is 0.337 e. The molecule has 1 fully saturated rings. The predicted octanol–water partition coefficient (Wildman–Crippen LogP) is 4.23. The summed E-state index contributed by atoms with van der Waals surface area (Å²) in [4.78, 5) is 31.2. The van der Waals surface area contributed by atoms with Gasteiger partial charge in [0.2, 0.25) is 0 Å². The van der Waals surface area contributed by atoms with Crippen molar-refractivity contribution in [3.05, 3.63) is 65.9 Å². The summed E-state index contributed by atoms with van der Waals surface area (Å²) in [6.07, 6.45) is 1.46. The number of hydrogen-bond acceptors (Lipinski definition) is 4. The molecular weight excluding hydrogens is 454 g/mol. The van der Waals surface area contributed by atoms with Crippen LogP contribution in [0.5, 0.6) is 0 Å². The number of aromatic nitrogens is 1. The molecule has 184 valence electrons. The van der Waals surface area contributed by atoms with Gasteiger partial charge in [-0.05, 0) is 44.0 Å². The SMILES string of the molecule is Cc1cc(NC(=O)NCCN2CCC(NC(=O)Nc3ccc(F)cc3F)CC2)c2ccccc2n1. The van der Waals surface area contributed by atoms with Crippen LogP contribution in [0.1, 0.15) is 18.5 Å². The summed E-state index contributed by atoms with van der Waals surface area (Å²) in [6.45, 7) is 4.57. The van der Waals surface area contributed by atoms with Crippen LogP contribution in [0.4, 0.5) is 29.7 Å². The third-order valence-electron chi connectivity index (χ3n) is 5.91. The van der Waals surface area contributed by atoms with Crippen LogP contribution in [-0.2, 0) is 0 Å². The zero-order chi connectivity index (χ0) is 24.8. The Morgan fingerprint density at radius 3 is 2.51 bits per heavy atom. The molecule has 0 atom stereocenters. The molecule has 8 nitrogen and oxygen atoms in total. The number of urea groups is 2. The zero-order valence-corrected chi connectivity index (χ0v) is 19.4. The second-order valence-corrected chi connectivity index (χ2v) is 8.55. The van der Waals surface area contributed by atoms with Gasteiger partial charge in [0.05, 0.1) is 16.9 Å². The normalized spacial score (nSPS) is 14.5. The molecule has 0 aliphatic carbocycles. The van der Waals surface area contributed by atoms with E-state index in [-0.39, 0.29) is 17.8 Å². The zero-order valence-electron chi connectivity index (χ0n) is 19.4. The van der Waals surface area contributed by atoms with Crippen LogP contribution in [-0.4, -0.2) is 54.2 Å². The number of hydrogen-bond donors (Lipinski definition) is 4. The highest BCUT2D eigenvalue weighted by molar-refractivity contribution is 6.00. The summed E-state index contributed by atoms with van der Waals surface area (Å²) in [7, 11) is 0. The predicted molar refractivity (Wildman–Crippen MR) is 131 cm³/mol. The van der Waals surface area contributed by atoms with Gasteiger partial charge in [0.1, 0.15) is 11.6 Å². The van der Waals surface area contributed by atoms with Gasteiger partial charge in [0.15, 0.2) is 0 Å². The fourth-order valence-electron chi connectivity index (χ4n) is 4.14. The number of piperidine rings is 1. The molecule has 0 bridgehead atoms. The highest BCUT2D eigenvalue weighted by Gasteiger charge is 2.21. The Bertz CT molecular complexity index is 1210. The minimum Gasteiger partial charge on any atom is -0.337 e. The highest BCUT2D eigenvalue weighted by Crippen LogP contribution is 2.22. The Balaban J connectivity index is 1.17. The highest BCUT2D eigenvalue weighted by atomic mass is 19.1. The number of anilines is 2. The molecule has 0 radical (unpaired) electrons. The maximum Gasteiger partial charge on any atom is 0.319 e. The Morgan fingerprint density at radius 2 is 1.74 bits per heavy atom. The first-order valence-corrected chi connectivity index (χ1v) is 11.5. The molecule has 1 saturated heterocycles. The Morgan fingerprint density at radius 1 is 1.00 bits per heavy atom. The topological polar surface area (TPSA) is 98.4 Å². The maximum atomic E-state index is 13.7. The van der Waals surface area contributed by atoms with Gasteiger partial charge in [-0.3, -0.25) is 4.98 Å². The van der Waals surface area contributed by atoms with Gasteiger partial charge in [0, 0.05) is 49.4 Å². The molecule has 0 saturated carbocycles. The Labute approximate surface area is 202 Å². The van der Waals surface area contributed by atoms with Crippen LogP contribution < -0.4 is 21.3 Å². The second kappa shape index (κ2) is 11.1. The molecule has 4 amide bonds. The molecule has 10 heteroatoms. The fraction of sp³-hybridized carbons (Fsp3) is 0.320. The minimum absolute atomic E-state index is 0.0470. The second-order valence-electron chi connectivity index (χ2n) is 8.55. The number of benzene rings is 2. The van der Waals surface area contributed by atoms with E-state index in [1.54, 1.807) is 0 Å². The number of aryl methyl sites for hydroxylation is 1. The van der Waals surface area contributed by atoms with Gasteiger partial charge in [-0.25, -0.2) is 18.4 Å². The molecule has 35 heavy (non-hydrogen) atoms. The van der Waals surface area contributed by atoms with Crippen LogP contribution >= 0.6 is 0 Å². The molecule has 1 aliphatic rings. The number of halogens is 2. The quantitative estimate of drug-likeness (QED) is 0.423. The third kappa shape index (κ3) is 6.63. The van der Waals surface area contributed by atoms with E-state index in [1.807, 2.05) is 37.3 Å². The van der Waals surface area contributed by atoms with Gasteiger partial charge >= 0.3 is 12.1 Å². The van der Waals surface area contributed by atoms with Crippen molar-refractivity contribution in [2.75, 3.05) is 36.8 Å². The van der Waals surface area contributed by atoms with Crippen molar-refractivity contribution in [2.24, 2.45) is 0 Å². The Hall–Kier alpha value is -3.79. The van der Waals surface area contributed by atoms with E-state index in [0.29, 0.717) is 13.1 Å². The van der Waals surface area contributed by atoms with Gasteiger partial charge in [-0.2, -0.15) is 0 Å². The average molecular weight is 483 g/mol. The van der Waals surface area contributed by atoms with Crippen LogP contribution in [0, 0.1) is 18.6 Å². The first-order chi connectivity index (χ1) is 16.9. The summed E-state index contributed by atoms with van der Waals surface area (Å²) in [5, 5.41) is 11.9. The minimum atomic E-state index is -0.821. The number of amides is 4. The van der Waals surface area contributed by atoms with E-state index < -0.39 is 17.7 Å². The molecule has 0 spiro atoms. The average Bonchev–Trinajstić information content (AvgIpc) is 2.82. The van der Waals surface area contributed by atoms with Gasteiger partial charge in [0.25, 0.3) is 0 Å². The Kier molecular flexibility index (Phi) is 7.71. The van der Waals surface area contributed by atoms with Crippen molar-refractivity contribution in [1.29, 1.82) is 0 Å². The van der Waals surface area contributed by atoms with E-state index in [9.17, 15) is 18.4 Å². The van der Waals surface area contributed by atoms with Crippen LogP contribution in [0.3, 0.4) is 0 Å². The molecule has 4 N–H and O–H groups in total. The first-order valence-electron chi connectivity index (χ1n) is 11.5. The molecule has 1 aromatic heterocycles. The summed E-state index contributed by atoms with van der Waals surface area (Å²) >= 11 is 0. The van der Waals surface area contributed by atoms with E-state index >= 15 is 0 Å². The van der Waals surface area contributed by atoms with Crippen molar-refractivity contribution in [1.82, 2.24) is 20.5 Å². The molecule has 4 rings (SSSR count). The lowest BCUT2D eigenvalue weighted by Gasteiger charge is -2.32. The van der Waals surface area contributed by atoms with Gasteiger partial charge in [-0.1, -0.05) is 18.2 Å².